The van der Waals surface area contributed by atoms with E-state index >= 15 is 0 Å². The summed E-state index contributed by atoms with van der Waals surface area (Å²) >= 11 is 0. The van der Waals surface area contributed by atoms with Gasteiger partial charge in [0, 0.05) is 18.3 Å². The standard InChI is InChI=1S/C21H23N5O3/c27-19(11-15-12-23-29-14-15)24-21-7-3-1-6-18(21)25(10-8-21)20(28)16-13-22-26-9-4-2-5-17(16)26/h2,4-5,9,12-14,18H,1,3,6-8,10-11H2,(H,24,27). The van der Waals surface area contributed by atoms with Crippen LogP contribution in [0, 0.1) is 0 Å². The Morgan fingerprint density at radius 3 is 3.03 bits per heavy atom. The Hall–Kier alpha value is -3.16. The highest BCUT2D eigenvalue weighted by Gasteiger charge is 2.51. The first kappa shape index (κ1) is 17.9. The summed E-state index contributed by atoms with van der Waals surface area (Å²) in [7, 11) is 0. The molecule has 1 aliphatic heterocycles. The van der Waals surface area contributed by atoms with Crippen LogP contribution in [-0.4, -0.2) is 49.6 Å². The van der Waals surface area contributed by atoms with E-state index in [0.717, 1.165) is 43.2 Å². The Morgan fingerprint density at radius 1 is 1.24 bits per heavy atom. The minimum Gasteiger partial charge on any atom is -0.364 e. The maximum atomic E-state index is 13.4. The molecule has 0 radical (unpaired) electrons. The average molecular weight is 393 g/mol. The Morgan fingerprint density at radius 2 is 2.17 bits per heavy atom. The molecule has 2 amide bonds. The van der Waals surface area contributed by atoms with Crippen LogP contribution in [0.1, 0.15) is 48.0 Å². The molecule has 2 aliphatic rings. The van der Waals surface area contributed by atoms with Crippen molar-refractivity contribution < 1.29 is 14.1 Å². The predicted octanol–water partition coefficient (Wildman–Crippen LogP) is 2.21. The Kier molecular flexibility index (Phi) is 4.34. The van der Waals surface area contributed by atoms with Crippen LogP contribution in [0.3, 0.4) is 0 Å². The zero-order chi connectivity index (χ0) is 19.8. The lowest BCUT2D eigenvalue weighted by Crippen LogP contribution is -2.59. The lowest BCUT2D eigenvalue weighted by atomic mass is 9.77. The quantitative estimate of drug-likeness (QED) is 0.734. The zero-order valence-corrected chi connectivity index (χ0v) is 16.1. The van der Waals surface area contributed by atoms with Crippen molar-refractivity contribution in [3.8, 4) is 0 Å². The maximum Gasteiger partial charge on any atom is 0.258 e. The highest BCUT2D eigenvalue weighted by molar-refractivity contribution is 6.01. The van der Waals surface area contributed by atoms with Gasteiger partial charge in [0.2, 0.25) is 5.91 Å². The van der Waals surface area contributed by atoms with E-state index in [4.69, 9.17) is 4.52 Å². The van der Waals surface area contributed by atoms with E-state index < -0.39 is 0 Å². The molecular formula is C21H23N5O3. The number of rotatable bonds is 4. The molecule has 29 heavy (non-hydrogen) atoms. The molecule has 2 atom stereocenters. The third kappa shape index (κ3) is 3.08. The van der Waals surface area contributed by atoms with Gasteiger partial charge in [0.05, 0.1) is 41.5 Å². The molecule has 2 unspecified atom stereocenters. The van der Waals surface area contributed by atoms with Gasteiger partial charge in [-0.05, 0) is 31.4 Å². The molecule has 8 nitrogen and oxygen atoms in total. The number of carbonyl (C=O) groups excluding carboxylic acids is 2. The van der Waals surface area contributed by atoms with Crippen molar-refractivity contribution >= 4 is 17.3 Å². The van der Waals surface area contributed by atoms with E-state index in [1.165, 1.54) is 6.26 Å². The number of carbonyl (C=O) groups is 2. The number of pyridine rings is 1. The molecule has 0 spiro atoms. The lowest BCUT2D eigenvalue weighted by molar-refractivity contribution is -0.123. The summed E-state index contributed by atoms with van der Waals surface area (Å²) in [4.78, 5) is 28.0. The summed E-state index contributed by atoms with van der Waals surface area (Å²) in [6.07, 6.45) is 11.5. The topological polar surface area (TPSA) is 92.7 Å². The van der Waals surface area contributed by atoms with E-state index in [1.807, 2.05) is 29.3 Å². The van der Waals surface area contributed by atoms with Crippen molar-refractivity contribution in [3.05, 3.63) is 54.2 Å². The number of nitrogens with zero attached hydrogens (tertiary/aromatic N) is 4. The van der Waals surface area contributed by atoms with Gasteiger partial charge < -0.3 is 14.7 Å². The third-order valence-corrected chi connectivity index (χ3v) is 6.32. The largest absolute Gasteiger partial charge is 0.364 e. The molecule has 5 rings (SSSR count). The van der Waals surface area contributed by atoms with E-state index in [2.05, 4.69) is 15.6 Å². The molecule has 1 saturated heterocycles. The van der Waals surface area contributed by atoms with Crippen molar-refractivity contribution in [1.29, 1.82) is 0 Å². The Bertz CT molecular complexity index is 1040. The van der Waals surface area contributed by atoms with Crippen molar-refractivity contribution in [2.24, 2.45) is 0 Å². The number of amides is 2. The van der Waals surface area contributed by atoms with E-state index in [9.17, 15) is 9.59 Å². The van der Waals surface area contributed by atoms with Gasteiger partial charge in [0.15, 0.2) is 0 Å². The van der Waals surface area contributed by atoms with Gasteiger partial charge in [0.25, 0.3) is 5.91 Å². The van der Waals surface area contributed by atoms with Crippen LogP contribution in [-0.2, 0) is 11.2 Å². The number of likely N-dealkylation sites (tertiary alicyclic amines) is 1. The van der Waals surface area contributed by atoms with E-state index in [-0.39, 0.29) is 29.8 Å². The lowest BCUT2D eigenvalue weighted by Gasteiger charge is -2.42. The summed E-state index contributed by atoms with van der Waals surface area (Å²) in [5.74, 6) is -0.0568. The van der Waals surface area contributed by atoms with Crippen molar-refractivity contribution in [1.82, 2.24) is 25.0 Å². The SMILES string of the molecule is O=C(Cc1cnoc1)NC12CCCCC1N(C(=O)c1cnn3ccccc13)CC2. The fourth-order valence-corrected chi connectivity index (χ4v) is 4.97. The number of nitrogens with one attached hydrogen (secondary N) is 1. The molecule has 1 aliphatic carbocycles. The second-order valence-electron chi connectivity index (χ2n) is 8.01. The van der Waals surface area contributed by atoms with Gasteiger partial charge >= 0.3 is 0 Å². The summed E-state index contributed by atoms with van der Waals surface area (Å²) in [6, 6.07) is 5.72. The van der Waals surface area contributed by atoms with Gasteiger partial charge in [-0.2, -0.15) is 5.10 Å². The van der Waals surface area contributed by atoms with Crippen LogP contribution in [0.25, 0.3) is 5.52 Å². The fraction of sp³-hybridized carbons (Fsp3) is 0.429. The Labute approximate surface area is 167 Å². The molecule has 3 aromatic rings. The Balaban J connectivity index is 1.38. The minimum absolute atomic E-state index is 0.00624. The van der Waals surface area contributed by atoms with Crippen LogP contribution in [0.4, 0.5) is 0 Å². The molecule has 3 aromatic heterocycles. The van der Waals surface area contributed by atoms with E-state index in [0.29, 0.717) is 12.1 Å². The summed E-state index contributed by atoms with van der Waals surface area (Å²) in [5, 5.41) is 11.2. The van der Waals surface area contributed by atoms with Crippen LogP contribution >= 0.6 is 0 Å². The minimum atomic E-state index is -0.356. The predicted molar refractivity (Wildman–Crippen MR) is 104 cm³/mol. The molecule has 0 aromatic carbocycles. The molecule has 4 heterocycles. The molecule has 8 heteroatoms. The van der Waals surface area contributed by atoms with Crippen molar-refractivity contribution in [3.63, 3.8) is 0 Å². The molecule has 1 N–H and O–H groups in total. The zero-order valence-electron chi connectivity index (χ0n) is 16.1. The summed E-state index contributed by atoms with van der Waals surface area (Å²) in [5.41, 5.74) is 1.82. The first-order valence-electron chi connectivity index (χ1n) is 10.1. The van der Waals surface area contributed by atoms with Crippen LogP contribution in [0.2, 0.25) is 0 Å². The van der Waals surface area contributed by atoms with Gasteiger partial charge in [0.1, 0.15) is 6.26 Å². The van der Waals surface area contributed by atoms with Crippen LogP contribution in [0.5, 0.6) is 0 Å². The molecular weight excluding hydrogens is 370 g/mol. The number of aromatic nitrogens is 3. The monoisotopic (exact) mass is 393 g/mol. The number of hydrogen-bond donors (Lipinski definition) is 1. The van der Waals surface area contributed by atoms with Gasteiger partial charge in [-0.25, -0.2) is 4.52 Å². The van der Waals surface area contributed by atoms with Gasteiger partial charge in [-0.3, -0.25) is 9.59 Å². The van der Waals surface area contributed by atoms with Gasteiger partial charge in [-0.1, -0.05) is 24.1 Å². The molecule has 0 bridgehead atoms. The first-order chi connectivity index (χ1) is 14.2. The molecule has 150 valence electrons. The van der Waals surface area contributed by atoms with Crippen LogP contribution < -0.4 is 5.32 Å². The average Bonchev–Trinajstić information content (AvgIpc) is 3.45. The maximum absolute atomic E-state index is 13.4. The fourth-order valence-electron chi connectivity index (χ4n) is 4.97. The van der Waals surface area contributed by atoms with Crippen molar-refractivity contribution in [2.45, 2.75) is 50.1 Å². The molecule has 1 saturated carbocycles. The first-order valence-corrected chi connectivity index (χ1v) is 10.1. The van der Waals surface area contributed by atoms with Crippen LogP contribution in [0.15, 0.2) is 47.6 Å². The van der Waals surface area contributed by atoms with E-state index in [1.54, 1.807) is 16.9 Å². The molecule has 2 fully saturated rings. The summed E-state index contributed by atoms with van der Waals surface area (Å²) < 4.78 is 6.54. The summed E-state index contributed by atoms with van der Waals surface area (Å²) in [6.45, 7) is 0.640. The smallest absolute Gasteiger partial charge is 0.258 e. The second kappa shape index (κ2) is 7.02. The second-order valence-corrected chi connectivity index (χ2v) is 8.01. The number of fused-ring (bicyclic) bond motifs is 2. The third-order valence-electron chi connectivity index (χ3n) is 6.32. The normalized spacial score (nSPS) is 23.9. The number of hydrogen-bond acceptors (Lipinski definition) is 5. The highest BCUT2D eigenvalue weighted by atomic mass is 16.5. The highest BCUT2D eigenvalue weighted by Crippen LogP contribution is 2.41. The van der Waals surface area contributed by atoms with Gasteiger partial charge in [-0.15, -0.1) is 0 Å². The van der Waals surface area contributed by atoms with Crippen molar-refractivity contribution in [2.75, 3.05) is 6.54 Å².